The Bertz CT molecular complexity index is 754. The Balaban J connectivity index is 1.99. The molecule has 1 aromatic heterocycles. The zero-order valence-corrected chi connectivity index (χ0v) is 11.9. The maximum absolute atomic E-state index is 13.2. The number of aromatic hydroxyl groups is 1. The summed E-state index contributed by atoms with van der Waals surface area (Å²) in [6, 6.07) is 8.09. The average Bonchev–Trinajstić information content (AvgIpc) is 2.94. The standard InChI is InChI=1S/C14H7BrF2N2O2/c15-9-3-1-8(6-12(9)20)14-18-13(19-21-14)7-2-4-10(16)11(17)5-7/h1-6,20H. The summed E-state index contributed by atoms with van der Waals surface area (Å²) in [4.78, 5) is 4.10. The molecule has 7 heteroatoms. The van der Waals surface area contributed by atoms with Gasteiger partial charge in [-0.3, -0.25) is 0 Å². The van der Waals surface area contributed by atoms with Gasteiger partial charge in [0.25, 0.3) is 5.89 Å². The SMILES string of the molecule is Oc1cc(-c2nc(-c3ccc(F)c(F)c3)no2)ccc1Br. The molecule has 0 saturated carbocycles. The van der Waals surface area contributed by atoms with Crippen LogP contribution >= 0.6 is 15.9 Å². The Morgan fingerprint density at radius 3 is 2.48 bits per heavy atom. The first-order chi connectivity index (χ1) is 10.0. The van der Waals surface area contributed by atoms with E-state index in [-0.39, 0.29) is 17.5 Å². The normalized spacial score (nSPS) is 10.8. The molecule has 0 fully saturated rings. The molecule has 0 radical (unpaired) electrons. The molecule has 106 valence electrons. The van der Waals surface area contributed by atoms with Gasteiger partial charge in [-0.1, -0.05) is 5.16 Å². The van der Waals surface area contributed by atoms with Gasteiger partial charge in [0.05, 0.1) is 4.47 Å². The summed E-state index contributed by atoms with van der Waals surface area (Å²) in [5.74, 6) is -1.61. The maximum Gasteiger partial charge on any atom is 0.258 e. The lowest BCUT2D eigenvalue weighted by molar-refractivity contribution is 0.431. The van der Waals surface area contributed by atoms with E-state index < -0.39 is 11.6 Å². The maximum atomic E-state index is 13.2. The van der Waals surface area contributed by atoms with Gasteiger partial charge >= 0.3 is 0 Å². The summed E-state index contributed by atoms with van der Waals surface area (Å²) in [6.07, 6.45) is 0. The number of hydrogen-bond acceptors (Lipinski definition) is 4. The fourth-order valence-corrected chi connectivity index (χ4v) is 1.99. The molecule has 0 saturated heterocycles. The summed E-state index contributed by atoms with van der Waals surface area (Å²) in [5.41, 5.74) is 0.808. The molecular weight excluding hydrogens is 346 g/mol. The Hall–Kier alpha value is -2.28. The van der Waals surface area contributed by atoms with Crippen molar-refractivity contribution in [3.63, 3.8) is 0 Å². The van der Waals surface area contributed by atoms with Crippen molar-refractivity contribution in [2.75, 3.05) is 0 Å². The molecule has 0 spiro atoms. The molecule has 21 heavy (non-hydrogen) atoms. The first-order valence-electron chi connectivity index (χ1n) is 5.82. The largest absolute Gasteiger partial charge is 0.507 e. The van der Waals surface area contributed by atoms with Gasteiger partial charge in [-0.05, 0) is 52.3 Å². The molecule has 0 unspecified atom stereocenters. The van der Waals surface area contributed by atoms with E-state index >= 15 is 0 Å². The fourth-order valence-electron chi connectivity index (χ4n) is 1.74. The predicted octanol–water partition coefficient (Wildman–Crippen LogP) is 4.15. The highest BCUT2D eigenvalue weighted by Crippen LogP contribution is 2.30. The molecule has 0 aliphatic heterocycles. The summed E-state index contributed by atoms with van der Waals surface area (Å²) in [7, 11) is 0. The second-order valence-corrected chi connectivity index (χ2v) is 5.07. The van der Waals surface area contributed by atoms with Crippen LogP contribution in [-0.2, 0) is 0 Å². The molecule has 3 aromatic rings. The van der Waals surface area contributed by atoms with E-state index in [9.17, 15) is 13.9 Å². The van der Waals surface area contributed by atoms with Crippen LogP contribution in [0.15, 0.2) is 45.4 Å². The quantitative estimate of drug-likeness (QED) is 0.752. The Kier molecular flexibility index (Phi) is 3.42. The second-order valence-electron chi connectivity index (χ2n) is 4.22. The summed E-state index contributed by atoms with van der Waals surface area (Å²) < 4.78 is 31.7. The van der Waals surface area contributed by atoms with Gasteiger partial charge in [-0.2, -0.15) is 4.98 Å². The summed E-state index contributed by atoms with van der Waals surface area (Å²) >= 11 is 3.16. The van der Waals surface area contributed by atoms with E-state index in [1.165, 1.54) is 12.1 Å². The summed E-state index contributed by atoms with van der Waals surface area (Å²) in [6.45, 7) is 0. The van der Waals surface area contributed by atoms with Crippen LogP contribution in [-0.4, -0.2) is 15.2 Å². The molecule has 0 amide bonds. The van der Waals surface area contributed by atoms with Gasteiger partial charge in [0, 0.05) is 11.1 Å². The van der Waals surface area contributed by atoms with Gasteiger partial charge < -0.3 is 9.63 Å². The van der Waals surface area contributed by atoms with Crippen LogP contribution in [0.2, 0.25) is 0 Å². The van der Waals surface area contributed by atoms with Gasteiger partial charge in [0.15, 0.2) is 11.6 Å². The number of hydrogen-bond donors (Lipinski definition) is 1. The minimum absolute atomic E-state index is 0.0278. The van der Waals surface area contributed by atoms with Crippen molar-refractivity contribution in [3.05, 3.63) is 52.5 Å². The third-order valence-corrected chi connectivity index (χ3v) is 3.47. The zero-order valence-electron chi connectivity index (χ0n) is 10.3. The number of rotatable bonds is 2. The highest BCUT2D eigenvalue weighted by molar-refractivity contribution is 9.10. The van der Waals surface area contributed by atoms with Crippen LogP contribution < -0.4 is 0 Å². The van der Waals surface area contributed by atoms with Crippen LogP contribution in [0.25, 0.3) is 22.8 Å². The van der Waals surface area contributed by atoms with Crippen molar-refractivity contribution in [2.24, 2.45) is 0 Å². The molecule has 4 nitrogen and oxygen atoms in total. The number of phenolic OH excluding ortho intramolecular Hbond substituents is 1. The van der Waals surface area contributed by atoms with Crippen LogP contribution in [0.3, 0.4) is 0 Å². The van der Waals surface area contributed by atoms with E-state index in [4.69, 9.17) is 4.52 Å². The zero-order chi connectivity index (χ0) is 15.0. The van der Waals surface area contributed by atoms with Gasteiger partial charge in [0.1, 0.15) is 5.75 Å². The van der Waals surface area contributed by atoms with Crippen LogP contribution in [0, 0.1) is 11.6 Å². The highest BCUT2D eigenvalue weighted by Gasteiger charge is 2.13. The van der Waals surface area contributed by atoms with Crippen molar-refractivity contribution in [1.82, 2.24) is 10.1 Å². The molecule has 0 aliphatic rings. The van der Waals surface area contributed by atoms with Gasteiger partial charge in [-0.25, -0.2) is 8.78 Å². The highest BCUT2D eigenvalue weighted by atomic mass is 79.9. The number of halogens is 3. The molecule has 3 rings (SSSR count). The van der Waals surface area contributed by atoms with E-state index in [0.717, 1.165) is 12.1 Å². The molecule has 0 atom stereocenters. The third kappa shape index (κ3) is 2.64. The fraction of sp³-hybridized carbons (Fsp3) is 0. The number of nitrogens with zero attached hydrogens (tertiary/aromatic N) is 2. The van der Waals surface area contributed by atoms with Crippen molar-refractivity contribution in [2.45, 2.75) is 0 Å². The Morgan fingerprint density at radius 2 is 1.76 bits per heavy atom. The van der Waals surface area contributed by atoms with E-state index in [1.807, 2.05) is 0 Å². The minimum atomic E-state index is -0.986. The Labute approximate surface area is 126 Å². The van der Waals surface area contributed by atoms with Gasteiger partial charge in [0.2, 0.25) is 5.82 Å². The molecule has 2 aromatic carbocycles. The molecule has 0 bridgehead atoms. The second kappa shape index (κ2) is 5.25. The van der Waals surface area contributed by atoms with Crippen molar-refractivity contribution >= 4 is 15.9 Å². The van der Waals surface area contributed by atoms with Gasteiger partial charge in [-0.15, -0.1) is 0 Å². The van der Waals surface area contributed by atoms with Crippen LogP contribution in [0.4, 0.5) is 8.78 Å². The number of aromatic nitrogens is 2. The minimum Gasteiger partial charge on any atom is -0.507 e. The molecule has 1 heterocycles. The topological polar surface area (TPSA) is 59.2 Å². The first-order valence-corrected chi connectivity index (χ1v) is 6.62. The lowest BCUT2D eigenvalue weighted by Crippen LogP contribution is -1.87. The average molecular weight is 353 g/mol. The molecule has 0 aliphatic carbocycles. The number of phenols is 1. The third-order valence-electron chi connectivity index (χ3n) is 2.80. The lowest BCUT2D eigenvalue weighted by atomic mass is 10.2. The number of benzene rings is 2. The monoisotopic (exact) mass is 352 g/mol. The van der Waals surface area contributed by atoms with Crippen LogP contribution in [0.5, 0.6) is 5.75 Å². The van der Waals surface area contributed by atoms with Crippen molar-refractivity contribution in [3.8, 4) is 28.6 Å². The Morgan fingerprint density at radius 1 is 1.00 bits per heavy atom. The van der Waals surface area contributed by atoms with Crippen molar-refractivity contribution in [1.29, 1.82) is 0 Å². The van der Waals surface area contributed by atoms with E-state index in [0.29, 0.717) is 15.6 Å². The van der Waals surface area contributed by atoms with E-state index in [1.54, 1.807) is 12.1 Å². The molecule has 1 N–H and O–H groups in total. The van der Waals surface area contributed by atoms with E-state index in [2.05, 4.69) is 26.1 Å². The summed E-state index contributed by atoms with van der Waals surface area (Å²) in [5, 5.41) is 13.3. The smallest absolute Gasteiger partial charge is 0.258 e. The molecular formula is C14H7BrF2N2O2. The first kappa shape index (κ1) is 13.7. The lowest BCUT2D eigenvalue weighted by Gasteiger charge is -1.98. The predicted molar refractivity (Wildman–Crippen MR) is 74.5 cm³/mol. The van der Waals surface area contributed by atoms with Crippen LogP contribution in [0.1, 0.15) is 0 Å². The van der Waals surface area contributed by atoms with Crippen molar-refractivity contribution < 1.29 is 18.4 Å².